The van der Waals surface area contributed by atoms with Crippen molar-refractivity contribution >= 4 is 22.7 Å². The minimum Gasteiger partial charge on any atom is -0.507 e. The molecule has 29 heavy (non-hydrogen) atoms. The lowest BCUT2D eigenvalue weighted by Crippen LogP contribution is -2.27. The van der Waals surface area contributed by atoms with Gasteiger partial charge in [-0.1, -0.05) is 19.1 Å². The van der Waals surface area contributed by atoms with Gasteiger partial charge in [0.2, 0.25) is 5.82 Å². The highest BCUT2D eigenvalue weighted by atomic mass is 19.4. The molecule has 0 atom stereocenters. The molecule has 0 saturated carbocycles. The number of aromatic nitrogens is 2. The van der Waals surface area contributed by atoms with Gasteiger partial charge in [0.15, 0.2) is 0 Å². The van der Waals surface area contributed by atoms with Gasteiger partial charge in [-0.2, -0.15) is 18.3 Å². The summed E-state index contributed by atoms with van der Waals surface area (Å²) in [6.45, 7) is 0.992. The van der Waals surface area contributed by atoms with Crippen molar-refractivity contribution in [2.45, 2.75) is 26.1 Å². The highest BCUT2D eigenvalue weighted by molar-refractivity contribution is 6.03. The van der Waals surface area contributed by atoms with Crippen molar-refractivity contribution in [3.05, 3.63) is 59.7 Å². The van der Waals surface area contributed by atoms with Gasteiger partial charge < -0.3 is 9.67 Å². The van der Waals surface area contributed by atoms with Gasteiger partial charge in [0.05, 0.1) is 16.7 Å². The van der Waals surface area contributed by atoms with Crippen LogP contribution in [0.25, 0.3) is 11.0 Å². The van der Waals surface area contributed by atoms with Crippen LogP contribution in [-0.4, -0.2) is 26.3 Å². The lowest BCUT2D eigenvalue weighted by molar-refractivity contribution is -0.147. The maximum absolute atomic E-state index is 13.4. The number of fused-ring (bicyclic) bond motifs is 1. The van der Waals surface area contributed by atoms with Gasteiger partial charge in [0, 0.05) is 5.56 Å². The first-order valence-electron chi connectivity index (χ1n) is 8.57. The highest BCUT2D eigenvalue weighted by Crippen LogP contribution is 2.31. The molecule has 3 aromatic rings. The van der Waals surface area contributed by atoms with E-state index in [0.29, 0.717) is 0 Å². The Morgan fingerprint density at radius 3 is 2.66 bits per heavy atom. The molecular formula is C19H16F4N4O2. The van der Waals surface area contributed by atoms with E-state index >= 15 is 0 Å². The molecule has 0 radical (unpaired) electrons. The fourth-order valence-electron chi connectivity index (χ4n) is 2.83. The summed E-state index contributed by atoms with van der Waals surface area (Å²) < 4.78 is 54.1. The number of hydrazone groups is 1. The Morgan fingerprint density at radius 1 is 1.24 bits per heavy atom. The van der Waals surface area contributed by atoms with Crippen LogP contribution < -0.4 is 5.43 Å². The number of hydrogen-bond acceptors (Lipinski definition) is 4. The number of rotatable bonds is 5. The molecule has 0 spiro atoms. The summed E-state index contributed by atoms with van der Waals surface area (Å²) in [6.07, 6.45) is -4.51. The van der Waals surface area contributed by atoms with Crippen molar-refractivity contribution in [2.24, 2.45) is 5.10 Å². The molecule has 0 saturated heterocycles. The Labute approximate surface area is 162 Å². The van der Waals surface area contributed by atoms with E-state index in [9.17, 15) is 27.5 Å². The number of para-hydroxylation sites is 2. The number of alkyl halides is 3. The zero-order valence-corrected chi connectivity index (χ0v) is 15.2. The summed E-state index contributed by atoms with van der Waals surface area (Å²) in [5, 5.41) is 13.7. The van der Waals surface area contributed by atoms with Crippen LogP contribution in [0.3, 0.4) is 0 Å². The van der Waals surface area contributed by atoms with Gasteiger partial charge in [-0.25, -0.2) is 14.8 Å². The van der Waals surface area contributed by atoms with E-state index < -0.39 is 30.3 Å². The number of phenols is 1. The van der Waals surface area contributed by atoms with Crippen LogP contribution in [0.4, 0.5) is 17.6 Å². The number of hydrogen-bond donors (Lipinski definition) is 2. The summed E-state index contributed by atoms with van der Waals surface area (Å²) >= 11 is 0. The van der Waals surface area contributed by atoms with E-state index in [1.54, 1.807) is 19.1 Å². The zero-order valence-electron chi connectivity index (χ0n) is 15.2. The average molecular weight is 408 g/mol. The van der Waals surface area contributed by atoms with Gasteiger partial charge in [0.25, 0.3) is 5.91 Å². The first-order valence-corrected chi connectivity index (χ1v) is 8.57. The molecule has 0 aliphatic heterocycles. The zero-order chi connectivity index (χ0) is 21.2. The number of carbonyl (C=O) groups excluding carboxylic acids is 1. The molecule has 0 bridgehead atoms. The first kappa shape index (κ1) is 20.3. The monoisotopic (exact) mass is 408 g/mol. The second-order valence-corrected chi connectivity index (χ2v) is 6.12. The Morgan fingerprint density at radius 2 is 1.97 bits per heavy atom. The number of benzene rings is 2. The van der Waals surface area contributed by atoms with Crippen molar-refractivity contribution in [2.75, 3.05) is 0 Å². The predicted molar refractivity (Wildman–Crippen MR) is 97.8 cm³/mol. The van der Waals surface area contributed by atoms with Crippen LogP contribution >= 0.6 is 0 Å². The molecule has 0 aliphatic carbocycles. The van der Waals surface area contributed by atoms with Gasteiger partial charge in [-0.05, 0) is 36.8 Å². The summed E-state index contributed by atoms with van der Waals surface area (Å²) in [7, 11) is 0. The fourth-order valence-corrected chi connectivity index (χ4v) is 2.83. The average Bonchev–Trinajstić information content (AvgIpc) is 3.04. The van der Waals surface area contributed by atoms with Crippen molar-refractivity contribution in [3.8, 4) is 5.75 Å². The molecule has 152 valence electrons. The molecule has 1 heterocycles. The molecule has 1 amide bonds. The molecule has 1 aromatic heterocycles. The minimum absolute atomic E-state index is 0.0804. The van der Waals surface area contributed by atoms with Crippen LogP contribution in [-0.2, 0) is 17.5 Å². The van der Waals surface area contributed by atoms with E-state index in [2.05, 4.69) is 15.5 Å². The maximum atomic E-state index is 13.4. The molecule has 0 fully saturated rings. The van der Waals surface area contributed by atoms with Gasteiger partial charge in [-0.15, -0.1) is 0 Å². The third-order valence-electron chi connectivity index (χ3n) is 4.13. The molecule has 3 rings (SSSR count). The molecule has 2 N–H and O–H groups in total. The minimum atomic E-state index is -4.75. The number of imidazole rings is 1. The number of carbonyl (C=O) groups is 1. The van der Waals surface area contributed by atoms with Crippen LogP contribution in [0.15, 0.2) is 47.6 Å². The SMILES string of the molecule is CCC(=NNC(=O)Cn1c(C(F)(F)F)nc2ccccc21)c1cc(F)ccc1O. The number of phenolic OH excluding ortho intramolecular Hbond substituents is 1. The smallest absolute Gasteiger partial charge is 0.449 e. The van der Waals surface area contributed by atoms with Crippen molar-refractivity contribution in [1.82, 2.24) is 15.0 Å². The second kappa shape index (κ2) is 7.90. The summed E-state index contributed by atoms with van der Waals surface area (Å²) in [4.78, 5) is 15.8. The Hall–Kier alpha value is -3.43. The van der Waals surface area contributed by atoms with Crippen LogP contribution in [0.1, 0.15) is 24.7 Å². The van der Waals surface area contributed by atoms with E-state index in [1.807, 2.05) is 0 Å². The summed E-state index contributed by atoms with van der Waals surface area (Å²) in [5.74, 6) is -2.87. The van der Waals surface area contributed by atoms with Crippen LogP contribution in [0, 0.1) is 5.82 Å². The molecule has 6 nitrogen and oxygen atoms in total. The number of amides is 1. The Bertz CT molecular complexity index is 1090. The number of nitrogens with one attached hydrogen (secondary N) is 1. The topological polar surface area (TPSA) is 79.5 Å². The van der Waals surface area contributed by atoms with E-state index in [0.717, 1.165) is 22.8 Å². The number of halogens is 4. The number of nitrogens with zero attached hydrogens (tertiary/aromatic N) is 3. The molecular weight excluding hydrogens is 392 g/mol. The maximum Gasteiger partial charge on any atom is 0.449 e. The quantitative estimate of drug-likeness (QED) is 0.383. The van der Waals surface area contributed by atoms with Crippen molar-refractivity contribution < 1.29 is 27.5 Å². The lowest BCUT2D eigenvalue weighted by Gasteiger charge is -2.11. The third kappa shape index (κ3) is 4.36. The van der Waals surface area contributed by atoms with Gasteiger partial charge >= 0.3 is 6.18 Å². The van der Waals surface area contributed by atoms with E-state index in [1.165, 1.54) is 12.1 Å². The fraction of sp³-hybridized carbons (Fsp3) is 0.211. The molecule has 2 aromatic carbocycles. The summed E-state index contributed by atoms with van der Waals surface area (Å²) in [5.41, 5.74) is 2.67. The Kier molecular flexibility index (Phi) is 5.53. The predicted octanol–water partition coefficient (Wildman–Crippen LogP) is 3.83. The Balaban J connectivity index is 1.87. The van der Waals surface area contributed by atoms with Crippen LogP contribution in [0.2, 0.25) is 0 Å². The third-order valence-corrected chi connectivity index (χ3v) is 4.13. The van der Waals surface area contributed by atoms with Crippen molar-refractivity contribution in [1.29, 1.82) is 0 Å². The van der Waals surface area contributed by atoms with Crippen LogP contribution in [0.5, 0.6) is 5.75 Å². The lowest BCUT2D eigenvalue weighted by atomic mass is 10.1. The molecule has 10 heteroatoms. The molecule has 0 aliphatic rings. The van der Waals surface area contributed by atoms with Gasteiger partial charge in [-0.3, -0.25) is 4.79 Å². The van der Waals surface area contributed by atoms with E-state index in [4.69, 9.17) is 0 Å². The van der Waals surface area contributed by atoms with E-state index in [-0.39, 0.29) is 34.5 Å². The van der Waals surface area contributed by atoms with Gasteiger partial charge in [0.1, 0.15) is 18.1 Å². The second-order valence-electron chi connectivity index (χ2n) is 6.12. The standard InChI is InChI=1S/C19H16F4N4O2/c1-2-13(12-9-11(20)7-8-16(12)28)25-26-17(29)10-27-15-6-4-3-5-14(15)24-18(27)19(21,22)23/h3-9,28H,2,10H2,1H3,(H,26,29). The highest BCUT2D eigenvalue weighted by Gasteiger charge is 2.38. The first-order chi connectivity index (χ1) is 13.7. The largest absolute Gasteiger partial charge is 0.507 e. The molecule has 0 unspecified atom stereocenters. The van der Waals surface area contributed by atoms with Crippen molar-refractivity contribution in [3.63, 3.8) is 0 Å². The normalized spacial score (nSPS) is 12.4. The number of aromatic hydroxyl groups is 1. The summed E-state index contributed by atoms with van der Waals surface area (Å²) in [6, 6.07) is 9.19.